The molecule has 0 radical (unpaired) electrons. The van der Waals surface area contributed by atoms with Gasteiger partial charge in [0.2, 0.25) is 0 Å². The number of aliphatic hydroxyl groups is 1. The molecule has 2 aliphatic rings. The number of hydrogen-bond acceptors (Lipinski definition) is 3. The van der Waals surface area contributed by atoms with Crippen molar-refractivity contribution >= 4 is 6.03 Å². The first-order chi connectivity index (χ1) is 12.2. The minimum absolute atomic E-state index is 0.0541. The van der Waals surface area contributed by atoms with Crippen LogP contribution in [-0.4, -0.2) is 47.8 Å². The lowest BCUT2D eigenvalue weighted by atomic mass is 9.87. The van der Waals surface area contributed by atoms with E-state index < -0.39 is 0 Å². The van der Waals surface area contributed by atoms with E-state index in [4.69, 9.17) is 0 Å². The Hall–Kier alpha value is -1.59. The van der Waals surface area contributed by atoms with Gasteiger partial charge in [0, 0.05) is 32.2 Å². The van der Waals surface area contributed by atoms with Crippen LogP contribution in [-0.2, 0) is 6.54 Å². The monoisotopic (exact) mass is 345 g/mol. The van der Waals surface area contributed by atoms with Gasteiger partial charge in [0.25, 0.3) is 0 Å². The molecule has 5 heteroatoms. The lowest BCUT2D eigenvalue weighted by Crippen LogP contribution is -2.48. The van der Waals surface area contributed by atoms with Crippen LogP contribution in [0.25, 0.3) is 0 Å². The fourth-order valence-corrected chi connectivity index (χ4v) is 4.00. The SMILES string of the molecule is O=C(NCC1CCCC(O)C1)NC1CCN(Cc2ccccc2)CC1. The largest absolute Gasteiger partial charge is 0.393 e. The van der Waals surface area contributed by atoms with E-state index in [1.165, 1.54) is 5.56 Å². The number of aliphatic hydroxyl groups excluding tert-OH is 1. The Kier molecular flexibility index (Phi) is 6.70. The molecule has 2 amide bonds. The number of piperidine rings is 1. The lowest BCUT2D eigenvalue weighted by molar-refractivity contribution is 0.101. The molecule has 2 atom stereocenters. The zero-order valence-corrected chi connectivity index (χ0v) is 15.0. The van der Waals surface area contributed by atoms with Crippen molar-refractivity contribution in [2.75, 3.05) is 19.6 Å². The van der Waals surface area contributed by atoms with Crippen LogP contribution < -0.4 is 10.6 Å². The predicted molar refractivity (Wildman–Crippen MR) is 99.2 cm³/mol. The van der Waals surface area contributed by atoms with Crippen molar-refractivity contribution < 1.29 is 9.90 Å². The molecular formula is C20H31N3O2. The van der Waals surface area contributed by atoms with Crippen molar-refractivity contribution in [3.05, 3.63) is 35.9 Å². The molecule has 1 aromatic carbocycles. The van der Waals surface area contributed by atoms with Gasteiger partial charge in [-0.25, -0.2) is 4.79 Å². The number of nitrogens with one attached hydrogen (secondary N) is 2. The summed E-state index contributed by atoms with van der Waals surface area (Å²) in [5.74, 6) is 0.419. The van der Waals surface area contributed by atoms with Crippen molar-refractivity contribution in [1.29, 1.82) is 0 Å². The molecule has 2 fully saturated rings. The fraction of sp³-hybridized carbons (Fsp3) is 0.650. The van der Waals surface area contributed by atoms with Crippen LogP contribution in [0, 0.1) is 5.92 Å². The highest BCUT2D eigenvalue weighted by Gasteiger charge is 2.23. The summed E-state index contributed by atoms with van der Waals surface area (Å²) in [5, 5.41) is 15.8. The second kappa shape index (κ2) is 9.20. The summed E-state index contributed by atoms with van der Waals surface area (Å²) in [7, 11) is 0. The maximum absolute atomic E-state index is 12.1. The summed E-state index contributed by atoms with van der Waals surface area (Å²) in [5.41, 5.74) is 1.35. The summed E-state index contributed by atoms with van der Waals surface area (Å²) >= 11 is 0. The summed E-state index contributed by atoms with van der Waals surface area (Å²) in [6.07, 6.45) is 5.72. The zero-order chi connectivity index (χ0) is 17.5. The first kappa shape index (κ1) is 18.2. The molecule has 1 aliphatic heterocycles. The summed E-state index contributed by atoms with van der Waals surface area (Å²) in [6.45, 7) is 3.71. The van der Waals surface area contributed by atoms with Gasteiger partial charge in [-0.2, -0.15) is 0 Å². The first-order valence-electron chi connectivity index (χ1n) is 9.68. The van der Waals surface area contributed by atoms with E-state index in [2.05, 4.69) is 39.8 Å². The van der Waals surface area contributed by atoms with Gasteiger partial charge >= 0.3 is 6.03 Å². The second-order valence-corrected chi connectivity index (χ2v) is 7.58. The van der Waals surface area contributed by atoms with Gasteiger partial charge in [-0.05, 0) is 43.6 Å². The van der Waals surface area contributed by atoms with Crippen LogP contribution in [0.5, 0.6) is 0 Å². The Bertz CT molecular complexity index is 529. The van der Waals surface area contributed by atoms with Crippen LogP contribution >= 0.6 is 0 Å². The van der Waals surface area contributed by atoms with Gasteiger partial charge in [0.05, 0.1) is 6.10 Å². The number of urea groups is 1. The lowest BCUT2D eigenvalue weighted by Gasteiger charge is -2.32. The first-order valence-corrected chi connectivity index (χ1v) is 9.68. The van der Waals surface area contributed by atoms with Crippen LogP contribution in [0.15, 0.2) is 30.3 Å². The molecule has 25 heavy (non-hydrogen) atoms. The molecule has 0 bridgehead atoms. The highest BCUT2D eigenvalue weighted by molar-refractivity contribution is 5.74. The molecule has 0 spiro atoms. The molecule has 138 valence electrons. The molecule has 3 rings (SSSR count). The van der Waals surface area contributed by atoms with E-state index in [1.807, 2.05) is 6.07 Å². The van der Waals surface area contributed by atoms with Crippen LogP contribution in [0.4, 0.5) is 4.79 Å². The van der Waals surface area contributed by atoms with Gasteiger partial charge in [-0.15, -0.1) is 0 Å². The summed E-state index contributed by atoms with van der Waals surface area (Å²) in [6, 6.07) is 10.8. The number of hydrogen-bond donors (Lipinski definition) is 3. The summed E-state index contributed by atoms with van der Waals surface area (Å²) in [4.78, 5) is 14.6. The standard InChI is InChI=1S/C20H31N3O2/c24-19-8-4-7-17(13-19)14-21-20(25)22-18-9-11-23(12-10-18)15-16-5-2-1-3-6-16/h1-3,5-6,17-19,24H,4,7-15H2,(H2,21,22,25). The van der Waals surface area contributed by atoms with E-state index in [-0.39, 0.29) is 18.2 Å². The second-order valence-electron chi connectivity index (χ2n) is 7.58. The van der Waals surface area contributed by atoms with Crippen molar-refractivity contribution in [2.45, 2.75) is 57.2 Å². The Labute approximate surface area is 150 Å². The maximum Gasteiger partial charge on any atom is 0.315 e. The molecule has 5 nitrogen and oxygen atoms in total. The molecule has 2 unspecified atom stereocenters. The molecule has 1 heterocycles. The third-order valence-corrected chi connectivity index (χ3v) is 5.48. The number of amides is 2. The molecular weight excluding hydrogens is 314 g/mol. The van der Waals surface area contributed by atoms with E-state index in [9.17, 15) is 9.90 Å². The predicted octanol–water partition coefficient (Wildman–Crippen LogP) is 2.50. The molecule has 1 saturated carbocycles. The van der Waals surface area contributed by atoms with E-state index >= 15 is 0 Å². The number of benzene rings is 1. The Morgan fingerprint density at radius 3 is 2.60 bits per heavy atom. The smallest absolute Gasteiger partial charge is 0.315 e. The molecule has 1 saturated heterocycles. The minimum atomic E-state index is -0.183. The number of carbonyl (C=O) groups is 1. The Balaban J connectivity index is 1.32. The Morgan fingerprint density at radius 2 is 1.88 bits per heavy atom. The highest BCUT2D eigenvalue weighted by atomic mass is 16.3. The average molecular weight is 345 g/mol. The topological polar surface area (TPSA) is 64.6 Å². The van der Waals surface area contributed by atoms with Gasteiger partial charge in [0.1, 0.15) is 0 Å². The van der Waals surface area contributed by atoms with Crippen molar-refractivity contribution in [1.82, 2.24) is 15.5 Å². The molecule has 0 aromatic heterocycles. The highest BCUT2D eigenvalue weighted by Crippen LogP contribution is 2.23. The average Bonchev–Trinajstić information content (AvgIpc) is 2.63. The molecule has 1 aromatic rings. The van der Waals surface area contributed by atoms with Gasteiger partial charge in [-0.1, -0.05) is 36.8 Å². The third kappa shape index (κ3) is 6.01. The minimum Gasteiger partial charge on any atom is -0.393 e. The number of carbonyl (C=O) groups excluding carboxylic acids is 1. The van der Waals surface area contributed by atoms with E-state index in [0.717, 1.165) is 58.2 Å². The Morgan fingerprint density at radius 1 is 1.12 bits per heavy atom. The van der Waals surface area contributed by atoms with E-state index in [0.29, 0.717) is 12.5 Å². The molecule has 3 N–H and O–H groups in total. The van der Waals surface area contributed by atoms with Gasteiger partial charge < -0.3 is 15.7 Å². The van der Waals surface area contributed by atoms with Crippen molar-refractivity contribution in [3.63, 3.8) is 0 Å². The molecule has 1 aliphatic carbocycles. The summed E-state index contributed by atoms with van der Waals surface area (Å²) < 4.78 is 0. The fourth-order valence-electron chi connectivity index (χ4n) is 4.00. The van der Waals surface area contributed by atoms with Crippen LogP contribution in [0.3, 0.4) is 0 Å². The van der Waals surface area contributed by atoms with Crippen molar-refractivity contribution in [3.8, 4) is 0 Å². The maximum atomic E-state index is 12.1. The third-order valence-electron chi connectivity index (χ3n) is 5.48. The van der Waals surface area contributed by atoms with Crippen LogP contribution in [0.2, 0.25) is 0 Å². The van der Waals surface area contributed by atoms with Gasteiger partial charge in [0.15, 0.2) is 0 Å². The number of likely N-dealkylation sites (tertiary alicyclic amines) is 1. The van der Waals surface area contributed by atoms with Crippen molar-refractivity contribution in [2.24, 2.45) is 5.92 Å². The zero-order valence-electron chi connectivity index (χ0n) is 15.0. The van der Waals surface area contributed by atoms with Gasteiger partial charge in [-0.3, -0.25) is 4.90 Å². The van der Waals surface area contributed by atoms with E-state index in [1.54, 1.807) is 0 Å². The quantitative estimate of drug-likeness (QED) is 0.768. The normalized spacial score (nSPS) is 25.5. The van der Waals surface area contributed by atoms with Crippen LogP contribution in [0.1, 0.15) is 44.1 Å². The number of rotatable bonds is 5. The number of nitrogens with zero attached hydrogens (tertiary/aromatic N) is 1.